The monoisotopic (exact) mass is 286 g/mol. The van der Waals surface area contributed by atoms with E-state index in [2.05, 4.69) is 10.3 Å². The van der Waals surface area contributed by atoms with E-state index < -0.39 is 0 Å². The van der Waals surface area contributed by atoms with Crippen LogP contribution in [0.15, 0.2) is 42.6 Å². The number of amides is 1. The van der Waals surface area contributed by atoms with Crippen molar-refractivity contribution in [2.75, 3.05) is 19.0 Å². The Morgan fingerprint density at radius 2 is 2.05 bits per heavy atom. The number of nitrogens with zero attached hydrogens (tertiary/aromatic N) is 1. The number of rotatable bonds is 6. The van der Waals surface area contributed by atoms with Gasteiger partial charge in [-0.25, -0.2) is 4.98 Å². The summed E-state index contributed by atoms with van der Waals surface area (Å²) in [5.74, 6) is 0.294. The van der Waals surface area contributed by atoms with Crippen LogP contribution in [0.1, 0.15) is 22.8 Å². The molecule has 0 radical (unpaired) electrons. The van der Waals surface area contributed by atoms with E-state index in [1.165, 1.54) is 6.20 Å². The lowest BCUT2D eigenvalue weighted by atomic mass is 10.1. The second-order valence-corrected chi connectivity index (χ2v) is 4.36. The third-order valence-corrected chi connectivity index (χ3v) is 2.86. The van der Waals surface area contributed by atoms with Gasteiger partial charge in [-0.05, 0) is 19.1 Å². The molecule has 110 valence electrons. The van der Waals surface area contributed by atoms with Gasteiger partial charge >= 0.3 is 0 Å². The van der Waals surface area contributed by atoms with Crippen molar-refractivity contribution in [3.63, 3.8) is 0 Å². The zero-order valence-electron chi connectivity index (χ0n) is 12.1. The van der Waals surface area contributed by atoms with Crippen molar-refractivity contribution in [1.29, 1.82) is 0 Å². The van der Waals surface area contributed by atoms with Gasteiger partial charge in [0, 0.05) is 30.6 Å². The van der Waals surface area contributed by atoms with Crippen LogP contribution in [0, 0.1) is 0 Å². The van der Waals surface area contributed by atoms with E-state index in [-0.39, 0.29) is 5.91 Å². The molecule has 0 aliphatic heterocycles. The number of hydrogen-bond donors (Lipinski definition) is 1. The fourth-order valence-electron chi connectivity index (χ4n) is 1.87. The SMILES string of the molecule is CCOc1ccc(C(=O)Nc2ccccc2COC)cn1. The number of ether oxygens (including phenoxy) is 2. The molecule has 0 saturated carbocycles. The zero-order valence-corrected chi connectivity index (χ0v) is 12.1. The van der Waals surface area contributed by atoms with Crippen LogP contribution in [0.4, 0.5) is 5.69 Å². The molecule has 2 rings (SSSR count). The number of benzene rings is 1. The summed E-state index contributed by atoms with van der Waals surface area (Å²) in [5, 5.41) is 2.86. The highest BCUT2D eigenvalue weighted by Gasteiger charge is 2.09. The van der Waals surface area contributed by atoms with E-state index in [1.54, 1.807) is 19.2 Å². The van der Waals surface area contributed by atoms with Gasteiger partial charge in [0.2, 0.25) is 5.88 Å². The van der Waals surface area contributed by atoms with Gasteiger partial charge in [0.15, 0.2) is 0 Å². The third kappa shape index (κ3) is 4.03. The first kappa shape index (κ1) is 15.0. The lowest BCUT2D eigenvalue weighted by molar-refractivity contribution is 0.102. The second-order valence-electron chi connectivity index (χ2n) is 4.36. The standard InChI is InChI=1S/C16H18N2O3/c1-3-21-15-9-8-12(10-17-15)16(19)18-14-7-5-4-6-13(14)11-20-2/h4-10H,3,11H2,1-2H3,(H,18,19). The number of methoxy groups -OCH3 is 1. The van der Waals surface area contributed by atoms with Crippen molar-refractivity contribution >= 4 is 11.6 Å². The van der Waals surface area contributed by atoms with Gasteiger partial charge in [0.25, 0.3) is 5.91 Å². The van der Waals surface area contributed by atoms with Gasteiger partial charge in [-0.15, -0.1) is 0 Å². The first-order chi connectivity index (χ1) is 10.2. The first-order valence-electron chi connectivity index (χ1n) is 6.71. The van der Waals surface area contributed by atoms with Crippen LogP contribution in [0.5, 0.6) is 5.88 Å². The van der Waals surface area contributed by atoms with Gasteiger partial charge in [-0.3, -0.25) is 4.79 Å². The average molecular weight is 286 g/mol. The molecule has 1 heterocycles. The number of pyridine rings is 1. The number of anilines is 1. The van der Waals surface area contributed by atoms with E-state index >= 15 is 0 Å². The maximum Gasteiger partial charge on any atom is 0.257 e. The molecule has 0 bridgehead atoms. The minimum Gasteiger partial charge on any atom is -0.478 e. The Bertz CT molecular complexity index is 597. The maximum atomic E-state index is 12.2. The van der Waals surface area contributed by atoms with Crippen molar-refractivity contribution in [1.82, 2.24) is 4.98 Å². The van der Waals surface area contributed by atoms with Crippen molar-refractivity contribution in [3.05, 3.63) is 53.7 Å². The Morgan fingerprint density at radius 1 is 1.24 bits per heavy atom. The van der Waals surface area contributed by atoms with Crippen molar-refractivity contribution in [2.24, 2.45) is 0 Å². The second kappa shape index (κ2) is 7.40. The summed E-state index contributed by atoms with van der Waals surface area (Å²) in [6, 6.07) is 10.9. The van der Waals surface area contributed by atoms with Gasteiger partial charge in [0.05, 0.1) is 18.8 Å². The average Bonchev–Trinajstić information content (AvgIpc) is 2.50. The van der Waals surface area contributed by atoms with Crippen molar-refractivity contribution < 1.29 is 14.3 Å². The largest absolute Gasteiger partial charge is 0.478 e. The van der Waals surface area contributed by atoms with Crippen LogP contribution in [-0.4, -0.2) is 24.6 Å². The van der Waals surface area contributed by atoms with E-state index in [0.717, 1.165) is 11.3 Å². The number of hydrogen-bond acceptors (Lipinski definition) is 4. The molecule has 5 heteroatoms. The van der Waals surface area contributed by atoms with E-state index in [1.807, 2.05) is 31.2 Å². The highest BCUT2D eigenvalue weighted by Crippen LogP contribution is 2.17. The molecule has 0 spiro atoms. The Hall–Kier alpha value is -2.40. The molecule has 1 aromatic heterocycles. The van der Waals surface area contributed by atoms with Gasteiger partial charge in [-0.1, -0.05) is 18.2 Å². The van der Waals surface area contributed by atoms with E-state index in [0.29, 0.717) is 24.7 Å². The predicted octanol–water partition coefficient (Wildman–Crippen LogP) is 2.88. The number of carbonyl (C=O) groups excluding carboxylic acids is 1. The van der Waals surface area contributed by atoms with Crippen LogP contribution in [0.2, 0.25) is 0 Å². The molecule has 0 saturated heterocycles. The minimum atomic E-state index is -0.214. The number of nitrogens with one attached hydrogen (secondary N) is 1. The van der Waals surface area contributed by atoms with Crippen LogP contribution in [0.3, 0.4) is 0 Å². The Labute approximate surface area is 123 Å². The van der Waals surface area contributed by atoms with Crippen LogP contribution >= 0.6 is 0 Å². The number of carbonyl (C=O) groups is 1. The first-order valence-corrected chi connectivity index (χ1v) is 6.71. The molecule has 0 aliphatic rings. The van der Waals surface area contributed by atoms with Crippen LogP contribution in [0.25, 0.3) is 0 Å². The fraction of sp³-hybridized carbons (Fsp3) is 0.250. The highest BCUT2D eigenvalue weighted by atomic mass is 16.5. The van der Waals surface area contributed by atoms with Gasteiger partial charge < -0.3 is 14.8 Å². The lowest BCUT2D eigenvalue weighted by Crippen LogP contribution is -2.13. The summed E-state index contributed by atoms with van der Waals surface area (Å²) >= 11 is 0. The molecule has 21 heavy (non-hydrogen) atoms. The minimum absolute atomic E-state index is 0.214. The zero-order chi connectivity index (χ0) is 15.1. The summed E-state index contributed by atoms with van der Waals surface area (Å²) in [4.78, 5) is 16.3. The smallest absolute Gasteiger partial charge is 0.257 e. The lowest BCUT2D eigenvalue weighted by Gasteiger charge is -2.10. The van der Waals surface area contributed by atoms with Crippen LogP contribution < -0.4 is 10.1 Å². The topological polar surface area (TPSA) is 60.5 Å². The Balaban J connectivity index is 2.10. The summed E-state index contributed by atoms with van der Waals surface area (Å²) in [6.45, 7) is 2.87. The molecular weight excluding hydrogens is 268 g/mol. The number of para-hydroxylation sites is 1. The molecule has 0 aliphatic carbocycles. The molecule has 5 nitrogen and oxygen atoms in total. The molecular formula is C16H18N2O3. The van der Waals surface area contributed by atoms with Crippen molar-refractivity contribution in [3.8, 4) is 5.88 Å². The molecule has 0 fully saturated rings. The maximum absolute atomic E-state index is 12.2. The van der Waals surface area contributed by atoms with Gasteiger partial charge in [-0.2, -0.15) is 0 Å². The van der Waals surface area contributed by atoms with Crippen LogP contribution in [-0.2, 0) is 11.3 Å². The molecule has 1 N–H and O–H groups in total. The molecule has 1 amide bonds. The fourth-order valence-corrected chi connectivity index (χ4v) is 1.87. The molecule has 1 aromatic carbocycles. The summed E-state index contributed by atoms with van der Waals surface area (Å²) in [6.07, 6.45) is 1.50. The number of aromatic nitrogens is 1. The molecule has 0 atom stereocenters. The van der Waals surface area contributed by atoms with E-state index in [4.69, 9.17) is 9.47 Å². The van der Waals surface area contributed by atoms with Gasteiger partial charge in [0.1, 0.15) is 0 Å². The Kier molecular flexibility index (Phi) is 5.29. The summed E-state index contributed by atoms with van der Waals surface area (Å²) < 4.78 is 10.4. The molecule has 0 unspecified atom stereocenters. The summed E-state index contributed by atoms with van der Waals surface area (Å²) in [5.41, 5.74) is 2.14. The van der Waals surface area contributed by atoms with E-state index in [9.17, 15) is 4.79 Å². The molecule has 2 aromatic rings. The third-order valence-electron chi connectivity index (χ3n) is 2.86. The Morgan fingerprint density at radius 3 is 2.71 bits per heavy atom. The summed E-state index contributed by atoms with van der Waals surface area (Å²) in [7, 11) is 1.62. The highest BCUT2D eigenvalue weighted by molar-refractivity contribution is 6.04. The normalized spacial score (nSPS) is 10.2. The van der Waals surface area contributed by atoms with Crippen molar-refractivity contribution in [2.45, 2.75) is 13.5 Å². The quantitative estimate of drug-likeness (QED) is 0.887. The predicted molar refractivity (Wildman–Crippen MR) is 80.5 cm³/mol.